The zero-order valence-corrected chi connectivity index (χ0v) is 14.5. The second kappa shape index (κ2) is 5.87. The van der Waals surface area contributed by atoms with E-state index in [1.165, 1.54) is 37.5 Å². The van der Waals surface area contributed by atoms with E-state index >= 15 is 0 Å². The van der Waals surface area contributed by atoms with Crippen LogP contribution < -0.4 is 5.32 Å². The highest BCUT2D eigenvalue weighted by molar-refractivity contribution is 7.13. The van der Waals surface area contributed by atoms with E-state index < -0.39 is 0 Å². The summed E-state index contributed by atoms with van der Waals surface area (Å²) in [6.45, 7) is 6.72. The van der Waals surface area contributed by atoms with Gasteiger partial charge in [-0.3, -0.25) is 9.69 Å². The number of carbonyl (C=O) groups is 1. The third kappa shape index (κ3) is 2.56. The summed E-state index contributed by atoms with van der Waals surface area (Å²) in [4.78, 5) is 15.3. The average Bonchev–Trinajstić information content (AvgIpc) is 3.00. The first kappa shape index (κ1) is 15.1. The van der Waals surface area contributed by atoms with E-state index in [1.54, 1.807) is 0 Å². The summed E-state index contributed by atoms with van der Waals surface area (Å²) in [5, 5.41) is 4.44. The Kier molecular flexibility index (Phi) is 3.85. The molecule has 1 N–H and O–H groups in total. The van der Waals surface area contributed by atoms with E-state index in [2.05, 4.69) is 28.4 Å². The number of aryl methyl sites for hydroxylation is 1. The predicted octanol–water partition coefficient (Wildman–Crippen LogP) is 3.07. The molecule has 0 spiro atoms. The number of nitrogens with zero attached hydrogens (tertiary/aromatic N) is 2. The van der Waals surface area contributed by atoms with Crippen molar-refractivity contribution in [1.29, 1.82) is 0 Å². The number of piperidine rings is 3. The molecule has 4 heterocycles. The van der Waals surface area contributed by atoms with Gasteiger partial charge in [0.25, 0.3) is 5.91 Å². The van der Waals surface area contributed by atoms with Gasteiger partial charge in [-0.2, -0.15) is 4.37 Å². The van der Waals surface area contributed by atoms with Crippen molar-refractivity contribution in [1.82, 2.24) is 14.6 Å². The van der Waals surface area contributed by atoms with E-state index in [0.717, 1.165) is 27.8 Å². The maximum Gasteiger partial charge on any atom is 0.251 e. The lowest BCUT2D eigenvalue weighted by Crippen LogP contribution is -2.62. The quantitative estimate of drug-likeness (QED) is 0.941. The van der Waals surface area contributed by atoms with Crippen molar-refractivity contribution in [2.45, 2.75) is 45.2 Å². The lowest BCUT2D eigenvalue weighted by Gasteiger charge is -2.49. The van der Waals surface area contributed by atoms with Crippen LogP contribution in [0.2, 0.25) is 0 Å². The molecular weight excluding hydrogens is 306 g/mol. The molecular formula is C18H23N3OS. The molecule has 3 saturated heterocycles. The topological polar surface area (TPSA) is 45.2 Å². The van der Waals surface area contributed by atoms with Crippen LogP contribution in [0, 0.1) is 5.92 Å². The fraction of sp³-hybridized carbons (Fsp3) is 0.556. The van der Waals surface area contributed by atoms with E-state index in [0.29, 0.717) is 12.0 Å². The molecule has 2 bridgehead atoms. The zero-order chi connectivity index (χ0) is 16.0. The summed E-state index contributed by atoms with van der Waals surface area (Å²) < 4.78 is 5.64. The summed E-state index contributed by atoms with van der Waals surface area (Å²) in [5.41, 5.74) is 1.85. The Morgan fingerprint density at radius 1 is 1.39 bits per heavy atom. The van der Waals surface area contributed by atoms with Crippen LogP contribution in [0.25, 0.3) is 10.1 Å². The minimum atomic E-state index is 0.0609. The predicted molar refractivity (Wildman–Crippen MR) is 94.0 cm³/mol. The third-order valence-corrected chi connectivity index (χ3v) is 6.48. The molecule has 23 heavy (non-hydrogen) atoms. The average molecular weight is 329 g/mol. The maximum atomic E-state index is 12.8. The Bertz CT molecular complexity index is 731. The molecule has 122 valence electrons. The van der Waals surface area contributed by atoms with Crippen molar-refractivity contribution in [3.63, 3.8) is 0 Å². The molecule has 3 fully saturated rings. The van der Waals surface area contributed by atoms with Crippen LogP contribution in [-0.4, -0.2) is 40.4 Å². The van der Waals surface area contributed by atoms with Crippen LogP contribution in [0.1, 0.15) is 42.7 Å². The van der Waals surface area contributed by atoms with Gasteiger partial charge in [0.1, 0.15) is 0 Å². The van der Waals surface area contributed by atoms with E-state index in [1.807, 2.05) is 18.2 Å². The molecule has 5 heteroatoms. The number of carbonyl (C=O) groups excluding carboxylic acids is 1. The monoisotopic (exact) mass is 329 g/mol. The summed E-state index contributed by atoms with van der Waals surface area (Å²) in [5.74, 6) is 0.697. The Hall–Kier alpha value is -1.46. The van der Waals surface area contributed by atoms with Crippen molar-refractivity contribution < 1.29 is 4.79 Å². The normalized spacial score (nSPS) is 29.8. The number of aromatic nitrogens is 1. The van der Waals surface area contributed by atoms with Crippen molar-refractivity contribution in [2.24, 2.45) is 5.92 Å². The Morgan fingerprint density at radius 2 is 2.17 bits per heavy atom. The van der Waals surface area contributed by atoms with Gasteiger partial charge < -0.3 is 5.32 Å². The van der Waals surface area contributed by atoms with Crippen LogP contribution in [0.15, 0.2) is 18.2 Å². The van der Waals surface area contributed by atoms with Gasteiger partial charge >= 0.3 is 0 Å². The Morgan fingerprint density at radius 3 is 2.87 bits per heavy atom. The number of hydrogen-bond acceptors (Lipinski definition) is 4. The SMILES string of the molecule is CCc1nsc2ccc(C(=O)N[C@@H]3C4CCN(CC4)[C@H]3C)cc12. The number of rotatable bonds is 3. The number of amides is 1. The van der Waals surface area contributed by atoms with Crippen molar-refractivity contribution in [3.05, 3.63) is 29.5 Å². The highest BCUT2D eigenvalue weighted by Crippen LogP contribution is 2.32. The summed E-state index contributed by atoms with van der Waals surface area (Å²) in [6, 6.07) is 6.71. The lowest BCUT2D eigenvalue weighted by atomic mass is 9.79. The number of nitrogens with one attached hydrogen (secondary N) is 1. The molecule has 0 saturated carbocycles. The second-order valence-electron chi connectivity index (χ2n) is 6.81. The molecule has 5 rings (SSSR count). The maximum absolute atomic E-state index is 12.8. The van der Waals surface area contributed by atoms with Gasteiger partial charge in [0.05, 0.1) is 10.4 Å². The molecule has 3 aliphatic heterocycles. The Labute approximate surface area is 141 Å². The third-order valence-electron chi connectivity index (χ3n) is 5.62. The standard InChI is InChI=1S/C18H23N3OS/c1-3-15-14-10-13(4-5-16(14)23-20-15)18(22)19-17-11(2)21-8-6-12(17)7-9-21/h4-5,10-12,17H,3,6-9H2,1-2H3,(H,19,22)/t11-,17-/m0/s1. The van der Waals surface area contributed by atoms with Crippen molar-refractivity contribution >= 4 is 27.5 Å². The number of benzene rings is 1. The van der Waals surface area contributed by atoms with Crippen LogP contribution in [-0.2, 0) is 6.42 Å². The molecule has 1 aromatic carbocycles. The largest absolute Gasteiger partial charge is 0.347 e. The van der Waals surface area contributed by atoms with Crippen LogP contribution in [0.4, 0.5) is 0 Å². The van der Waals surface area contributed by atoms with E-state index in [9.17, 15) is 4.79 Å². The molecule has 1 aromatic heterocycles. The first-order valence-electron chi connectivity index (χ1n) is 8.60. The van der Waals surface area contributed by atoms with Crippen LogP contribution >= 0.6 is 11.5 Å². The molecule has 4 nitrogen and oxygen atoms in total. The van der Waals surface area contributed by atoms with Gasteiger partial charge in [-0.15, -0.1) is 0 Å². The smallest absolute Gasteiger partial charge is 0.251 e. The first-order valence-corrected chi connectivity index (χ1v) is 9.38. The molecule has 1 amide bonds. The highest BCUT2D eigenvalue weighted by atomic mass is 32.1. The van der Waals surface area contributed by atoms with Gasteiger partial charge in [-0.25, -0.2) is 0 Å². The van der Waals surface area contributed by atoms with Crippen LogP contribution in [0.3, 0.4) is 0 Å². The van der Waals surface area contributed by atoms with Gasteiger partial charge in [-0.05, 0) is 74.9 Å². The van der Waals surface area contributed by atoms with Crippen molar-refractivity contribution in [2.75, 3.05) is 13.1 Å². The zero-order valence-electron chi connectivity index (χ0n) is 13.7. The molecule has 2 atom stereocenters. The molecule has 0 radical (unpaired) electrons. The minimum Gasteiger partial charge on any atom is -0.347 e. The van der Waals surface area contributed by atoms with Gasteiger partial charge in [0, 0.05) is 23.0 Å². The molecule has 3 aliphatic rings. The summed E-state index contributed by atoms with van der Waals surface area (Å²) in [6.07, 6.45) is 3.33. The van der Waals surface area contributed by atoms with E-state index in [4.69, 9.17) is 0 Å². The number of fused-ring (bicyclic) bond motifs is 4. The summed E-state index contributed by atoms with van der Waals surface area (Å²) in [7, 11) is 0. The minimum absolute atomic E-state index is 0.0609. The van der Waals surface area contributed by atoms with Gasteiger partial charge in [0.15, 0.2) is 0 Å². The fourth-order valence-corrected chi connectivity index (χ4v) is 5.00. The number of hydrogen-bond donors (Lipinski definition) is 1. The van der Waals surface area contributed by atoms with Gasteiger partial charge in [-0.1, -0.05) is 6.92 Å². The molecule has 0 unspecified atom stereocenters. The van der Waals surface area contributed by atoms with Crippen molar-refractivity contribution in [3.8, 4) is 0 Å². The second-order valence-corrected chi connectivity index (χ2v) is 7.61. The molecule has 2 aromatic rings. The highest BCUT2D eigenvalue weighted by Gasteiger charge is 2.40. The first-order chi connectivity index (χ1) is 11.2. The summed E-state index contributed by atoms with van der Waals surface area (Å²) >= 11 is 1.52. The van der Waals surface area contributed by atoms with Crippen LogP contribution in [0.5, 0.6) is 0 Å². The molecule has 0 aliphatic carbocycles. The fourth-order valence-electron chi connectivity index (χ4n) is 4.16. The lowest BCUT2D eigenvalue weighted by molar-refractivity contribution is 0.0217. The Balaban J connectivity index is 1.57. The van der Waals surface area contributed by atoms with E-state index in [-0.39, 0.29) is 11.9 Å². The van der Waals surface area contributed by atoms with Gasteiger partial charge in [0.2, 0.25) is 0 Å².